The van der Waals surface area contributed by atoms with E-state index >= 15 is 0 Å². The molecule has 0 aliphatic rings. The summed E-state index contributed by atoms with van der Waals surface area (Å²) in [7, 11) is 0. The third-order valence-corrected chi connectivity index (χ3v) is 9.83. The summed E-state index contributed by atoms with van der Waals surface area (Å²) in [4.78, 5) is 143. The fourth-order valence-corrected chi connectivity index (χ4v) is 6.38. The molecule has 0 spiro atoms. The number of aliphatic carboxylic acids is 2. The number of carbonyl (C=O) groups excluding carboxylic acids is 8. The topological polar surface area (TPSA) is 449 Å². The number of aromatic nitrogens is 2. The van der Waals surface area contributed by atoms with E-state index < -0.39 is 120 Å². The van der Waals surface area contributed by atoms with E-state index in [1.807, 2.05) is 0 Å². The number of H-pyrrole nitrogens is 1. The Morgan fingerprint density at radius 2 is 1.25 bits per heavy atom. The number of aromatic amines is 1. The number of carbonyl (C=O) groups is 10. The zero-order chi connectivity index (χ0) is 52.4. The van der Waals surface area contributed by atoms with Gasteiger partial charge in [-0.3, -0.25) is 48.1 Å². The van der Waals surface area contributed by atoms with Crippen LogP contribution < -0.4 is 54.0 Å². The Kier molecular flexibility index (Phi) is 26.5. The molecule has 0 unspecified atom stereocenters. The summed E-state index contributed by atoms with van der Waals surface area (Å²) >= 11 is 0. The highest BCUT2D eigenvalue weighted by Crippen LogP contribution is 2.12. The van der Waals surface area contributed by atoms with Gasteiger partial charge >= 0.3 is 11.9 Å². The van der Waals surface area contributed by atoms with Crippen LogP contribution in [0.2, 0.25) is 0 Å². The lowest BCUT2D eigenvalue weighted by atomic mass is 9.98. The lowest BCUT2D eigenvalue weighted by Crippen LogP contribution is -2.61. The molecule has 0 saturated carbocycles. The summed E-state index contributed by atoms with van der Waals surface area (Å²) in [6, 6.07) is -9.59. The minimum atomic E-state index is -1.76. The van der Waals surface area contributed by atoms with Gasteiger partial charge in [0.15, 0.2) is 5.96 Å². The van der Waals surface area contributed by atoms with Gasteiger partial charge in [0.1, 0.15) is 42.3 Å². The highest BCUT2D eigenvalue weighted by molar-refractivity contribution is 5.98. The van der Waals surface area contributed by atoms with Gasteiger partial charge in [-0.2, -0.15) is 0 Å². The van der Waals surface area contributed by atoms with Crippen molar-refractivity contribution >= 4 is 65.2 Å². The number of azide groups is 1. The van der Waals surface area contributed by atoms with Crippen LogP contribution in [0, 0.1) is 17.8 Å². The molecule has 0 fully saturated rings. The predicted molar refractivity (Wildman–Crippen MR) is 247 cm³/mol. The molecule has 0 aromatic carbocycles. The number of aliphatic imine (C=N–C) groups is 1. The van der Waals surface area contributed by atoms with E-state index in [2.05, 4.69) is 67.5 Å². The number of carboxylic acid groups (broad SMARTS) is 2. The summed E-state index contributed by atoms with van der Waals surface area (Å²) in [5.74, 6) is -10.9. The summed E-state index contributed by atoms with van der Waals surface area (Å²) in [5, 5.41) is 42.2. The van der Waals surface area contributed by atoms with Crippen LogP contribution in [0.1, 0.15) is 92.7 Å². The molecule has 0 bridgehead atoms. The lowest BCUT2D eigenvalue weighted by molar-refractivity contribution is -0.142. The molecule has 1 aromatic rings. The fraction of sp³-hybridized carbons (Fsp3) is 0.659. The van der Waals surface area contributed by atoms with Gasteiger partial charge in [-0.25, -0.2) is 9.78 Å². The quantitative estimate of drug-likeness (QED) is 0.00890. The third kappa shape index (κ3) is 24.2. The van der Waals surface area contributed by atoms with Gasteiger partial charge in [-0.1, -0.05) is 46.7 Å². The Bertz CT molecular complexity index is 2000. The second-order valence-corrected chi connectivity index (χ2v) is 17.2. The van der Waals surface area contributed by atoms with Crippen LogP contribution in [-0.4, -0.2) is 147 Å². The minimum absolute atomic E-state index is 0.0230. The minimum Gasteiger partial charge on any atom is -0.481 e. The molecule has 1 aromatic heterocycles. The number of imidazole rings is 1. The summed E-state index contributed by atoms with van der Waals surface area (Å²) in [5.41, 5.74) is 19.4. The number of carboxylic acids is 2. The van der Waals surface area contributed by atoms with E-state index in [4.69, 9.17) is 17.0 Å². The second-order valence-electron chi connectivity index (χ2n) is 17.2. The van der Waals surface area contributed by atoms with Crippen molar-refractivity contribution in [1.29, 1.82) is 0 Å². The van der Waals surface area contributed by atoms with Crippen molar-refractivity contribution in [3.63, 3.8) is 0 Å². The van der Waals surface area contributed by atoms with E-state index in [1.165, 1.54) is 19.4 Å². The Morgan fingerprint density at radius 3 is 1.75 bits per heavy atom. The molecule has 0 aliphatic carbocycles. The molecule has 384 valence electrons. The summed E-state index contributed by atoms with van der Waals surface area (Å²) in [6.45, 7) is 10.8. The average Bonchev–Trinajstić information content (AvgIpc) is 3.77. The van der Waals surface area contributed by atoms with Crippen LogP contribution in [-0.2, 0) is 54.4 Å². The molecular formula is C41H68N16O12. The molecule has 0 radical (unpaired) electrons. The largest absolute Gasteiger partial charge is 0.481 e. The smallest absolute Gasteiger partial charge is 0.326 e. The molecule has 28 heteroatoms. The molecule has 0 aliphatic heterocycles. The first-order valence-electron chi connectivity index (χ1n) is 22.2. The Balaban J connectivity index is 3.29. The van der Waals surface area contributed by atoms with Gasteiger partial charge in [0.2, 0.25) is 47.3 Å². The highest BCUT2D eigenvalue weighted by Gasteiger charge is 2.35. The number of hydrogen-bond acceptors (Lipinski definition) is 13. The summed E-state index contributed by atoms with van der Waals surface area (Å²) < 4.78 is 0. The van der Waals surface area contributed by atoms with Crippen molar-refractivity contribution in [1.82, 2.24) is 52.5 Å². The monoisotopic (exact) mass is 977 g/mol. The maximum atomic E-state index is 14.1. The number of rotatable bonds is 32. The normalized spacial score (nSPS) is 13.9. The number of nitrogens with one attached hydrogen (secondary N) is 9. The first-order chi connectivity index (χ1) is 32.3. The van der Waals surface area contributed by atoms with E-state index in [0.717, 1.165) is 0 Å². The van der Waals surface area contributed by atoms with Gasteiger partial charge < -0.3 is 69.2 Å². The van der Waals surface area contributed by atoms with Crippen LogP contribution in [0.5, 0.6) is 0 Å². The van der Waals surface area contributed by atoms with Crippen molar-refractivity contribution in [2.24, 2.45) is 39.3 Å². The first-order valence-corrected chi connectivity index (χ1v) is 22.2. The molecule has 7 atom stereocenters. The summed E-state index contributed by atoms with van der Waals surface area (Å²) in [6.07, 6.45) is 1.62. The van der Waals surface area contributed by atoms with E-state index in [0.29, 0.717) is 5.69 Å². The van der Waals surface area contributed by atoms with Crippen LogP contribution in [0.4, 0.5) is 0 Å². The van der Waals surface area contributed by atoms with Crippen LogP contribution in [0.25, 0.3) is 10.4 Å². The first kappa shape index (κ1) is 59.5. The maximum Gasteiger partial charge on any atom is 0.326 e. The van der Waals surface area contributed by atoms with E-state index in [9.17, 15) is 58.2 Å². The fourth-order valence-electron chi connectivity index (χ4n) is 6.38. The molecular weight excluding hydrogens is 909 g/mol. The molecule has 0 saturated heterocycles. The molecule has 8 amide bonds. The van der Waals surface area contributed by atoms with Crippen LogP contribution >= 0.6 is 0 Å². The number of nitrogens with two attached hydrogens (primary N) is 2. The van der Waals surface area contributed by atoms with Gasteiger partial charge in [0.05, 0.1) is 19.3 Å². The lowest BCUT2D eigenvalue weighted by Gasteiger charge is -2.29. The Morgan fingerprint density at radius 1 is 0.696 bits per heavy atom. The van der Waals surface area contributed by atoms with Gasteiger partial charge in [0.25, 0.3) is 0 Å². The molecule has 15 N–H and O–H groups in total. The molecule has 28 nitrogen and oxygen atoms in total. The third-order valence-electron chi connectivity index (χ3n) is 9.83. The number of guanidine groups is 1. The maximum absolute atomic E-state index is 14.1. The zero-order valence-electron chi connectivity index (χ0n) is 39.9. The van der Waals surface area contributed by atoms with Gasteiger partial charge in [-0.05, 0) is 55.9 Å². The SMILES string of the molecule is CC(C)C[C@H](NC(=O)[C@H](CC(=O)O)NC(=O)CNC(=O)[C@H](C)NC(=O)CCN=[N+]=[N-])C(=O)N[C@@H](Cc1cnc[nH]1)C(=O)N[C@H](C(=O)N[C@@H](CC(C)C)C(=O)N[C@@H](CCCN=C(N)N)C(=O)O)C(C)C. The zero-order valence-corrected chi connectivity index (χ0v) is 39.9. The standard InChI is InChI=1S/C41H68N16O12/c1-20(2)13-26(53-37(65)29(16-32(60)61)51-31(59)18-47-34(62)23(7)50-30(58)10-12-49-57-44)36(64)54-28(15-24-17-45-19-48-24)38(66)56-33(22(5)6)39(67)55-27(14-21(3)4)35(63)52-25(40(68)69)9-8-11-46-41(42)43/h17,19-23,25-29,33H,8-16,18H2,1-7H3,(H,45,48)(H,47,62)(H,50,58)(H,51,59)(H,52,63)(H,53,65)(H,54,64)(H,55,67)(H,56,66)(H,60,61)(H,68,69)(H4,42,43,46)/t23-,25-,26-,27-,28-,29-,33-/m0/s1. The van der Waals surface area contributed by atoms with Crippen molar-refractivity contribution < 1.29 is 58.2 Å². The predicted octanol–water partition coefficient (Wildman–Crippen LogP) is -2.46. The van der Waals surface area contributed by atoms with E-state index in [-0.39, 0.29) is 69.4 Å². The van der Waals surface area contributed by atoms with Crippen molar-refractivity contribution in [2.75, 3.05) is 19.6 Å². The molecule has 1 heterocycles. The Labute approximate surface area is 398 Å². The van der Waals surface area contributed by atoms with E-state index in [1.54, 1.807) is 41.5 Å². The van der Waals surface area contributed by atoms with Crippen LogP contribution in [0.3, 0.4) is 0 Å². The number of nitrogens with zero attached hydrogens (tertiary/aromatic N) is 5. The highest BCUT2D eigenvalue weighted by atomic mass is 16.4. The van der Waals surface area contributed by atoms with Gasteiger partial charge in [0, 0.05) is 42.7 Å². The second kappa shape index (κ2) is 30.7. The van der Waals surface area contributed by atoms with Gasteiger partial charge in [-0.15, -0.1) is 0 Å². The molecule has 1 rings (SSSR count). The average molecular weight is 977 g/mol. The number of amides is 8. The van der Waals surface area contributed by atoms with Crippen LogP contribution in [0.15, 0.2) is 22.6 Å². The van der Waals surface area contributed by atoms with Crippen molar-refractivity contribution in [3.8, 4) is 0 Å². The van der Waals surface area contributed by atoms with Crippen molar-refractivity contribution in [3.05, 3.63) is 28.7 Å². The molecule has 69 heavy (non-hydrogen) atoms. The Hall–Kier alpha value is -7.51. The number of hydrogen-bond donors (Lipinski definition) is 13. The van der Waals surface area contributed by atoms with Crippen molar-refractivity contribution in [2.45, 2.75) is 136 Å².